The van der Waals surface area contributed by atoms with Crippen LogP contribution in [0.3, 0.4) is 0 Å². The Morgan fingerprint density at radius 2 is 1.85 bits per heavy atom. The number of rotatable bonds is 4. The van der Waals surface area contributed by atoms with Crippen LogP contribution in [0.2, 0.25) is 0 Å². The molecule has 2 N–H and O–H groups in total. The molecule has 0 spiro atoms. The Labute approximate surface area is 120 Å². The van der Waals surface area contributed by atoms with E-state index in [2.05, 4.69) is 0 Å². The van der Waals surface area contributed by atoms with Crippen LogP contribution in [0.25, 0.3) is 0 Å². The topological polar surface area (TPSA) is 69.4 Å². The van der Waals surface area contributed by atoms with E-state index in [1.807, 2.05) is 12.1 Å². The summed E-state index contributed by atoms with van der Waals surface area (Å²) >= 11 is 0. The Morgan fingerprint density at radius 1 is 1.20 bits per heavy atom. The van der Waals surface area contributed by atoms with E-state index < -0.39 is 9.84 Å². The molecule has 1 aliphatic heterocycles. The van der Waals surface area contributed by atoms with Gasteiger partial charge in [-0.1, -0.05) is 31.0 Å². The zero-order valence-electron chi connectivity index (χ0n) is 11.5. The predicted octanol–water partition coefficient (Wildman–Crippen LogP) is 1.63. The van der Waals surface area contributed by atoms with Gasteiger partial charge in [-0.3, -0.25) is 0 Å². The lowest BCUT2D eigenvalue weighted by Crippen LogP contribution is -2.42. The summed E-state index contributed by atoms with van der Waals surface area (Å²) in [5.41, 5.74) is 6.78. The van der Waals surface area contributed by atoms with Gasteiger partial charge in [-0.25, -0.2) is 8.42 Å². The van der Waals surface area contributed by atoms with Crippen LogP contribution in [0.5, 0.6) is 0 Å². The van der Waals surface area contributed by atoms with Gasteiger partial charge in [0.05, 0.1) is 18.1 Å². The van der Waals surface area contributed by atoms with E-state index >= 15 is 0 Å². The third kappa shape index (κ3) is 2.08. The van der Waals surface area contributed by atoms with Crippen molar-refractivity contribution in [1.29, 1.82) is 0 Å². The lowest BCUT2D eigenvalue weighted by atomic mass is 9.79. The molecule has 5 heteroatoms. The van der Waals surface area contributed by atoms with Gasteiger partial charge in [0.25, 0.3) is 0 Å². The molecule has 20 heavy (non-hydrogen) atoms. The highest BCUT2D eigenvalue weighted by molar-refractivity contribution is 7.92. The lowest BCUT2D eigenvalue weighted by Gasteiger charge is -2.32. The van der Waals surface area contributed by atoms with Crippen molar-refractivity contribution < 1.29 is 13.2 Å². The van der Waals surface area contributed by atoms with Crippen LogP contribution < -0.4 is 5.73 Å². The van der Waals surface area contributed by atoms with Gasteiger partial charge in [0, 0.05) is 12.0 Å². The van der Waals surface area contributed by atoms with Crippen LogP contribution in [-0.4, -0.2) is 33.4 Å². The van der Waals surface area contributed by atoms with Crippen molar-refractivity contribution in [3.05, 3.63) is 29.8 Å². The molecular weight excluding hydrogens is 274 g/mol. The molecule has 0 bridgehead atoms. The largest absolute Gasteiger partial charge is 0.379 e. The van der Waals surface area contributed by atoms with Crippen LogP contribution in [0.4, 0.5) is 0 Å². The van der Waals surface area contributed by atoms with E-state index in [1.54, 1.807) is 12.1 Å². The predicted molar refractivity (Wildman–Crippen MR) is 77.4 cm³/mol. The molecule has 1 saturated heterocycles. The molecule has 0 radical (unpaired) electrons. The zero-order chi connectivity index (χ0) is 14.2. The molecule has 1 saturated carbocycles. The molecular formula is C15H21NO3S. The fourth-order valence-corrected chi connectivity index (χ4v) is 5.13. The van der Waals surface area contributed by atoms with Gasteiger partial charge in [0.15, 0.2) is 9.84 Å². The Hall–Kier alpha value is -0.910. The molecule has 1 heterocycles. The number of benzene rings is 1. The lowest BCUT2D eigenvalue weighted by molar-refractivity contribution is 0.0415. The number of hydrogen-bond acceptors (Lipinski definition) is 4. The highest BCUT2D eigenvalue weighted by Crippen LogP contribution is 2.43. The van der Waals surface area contributed by atoms with Crippen molar-refractivity contribution in [3.8, 4) is 0 Å². The van der Waals surface area contributed by atoms with Gasteiger partial charge in [-0.05, 0) is 24.5 Å². The molecule has 1 aliphatic carbocycles. The third-order valence-corrected chi connectivity index (χ3v) is 6.88. The van der Waals surface area contributed by atoms with Crippen LogP contribution in [0.1, 0.15) is 31.2 Å². The third-order valence-electron chi connectivity index (χ3n) is 4.76. The summed E-state index contributed by atoms with van der Waals surface area (Å²) in [6.45, 7) is 1.14. The van der Waals surface area contributed by atoms with Crippen molar-refractivity contribution in [2.24, 2.45) is 5.73 Å². The average molecular weight is 295 g/mol. The first-order chi connectivity index (χ1) is 9.60. The van der Waals surface area contributed by atoms with Crippen molar-refractivity contribution in [3.63, 3.8) is 0 Å². The maximum Gasteiger partial charge on any atom is 0.186 e. The minimum Gasteiger partial charge on any atom is -0.379 e. The van der Waals surface area contributed by atoms with Crippen molar-refractivity contribution in [2.45, 2.75) is 41.2 Å². The highest BCUT2D eigenvalue weighted by Gasteiger charge is 2.41. The van der Waals surface area contributed by atoms with Gasteiger partial charge in [-0.2, -0.15) is 0 Å². The summed E-state index contributed by atoms with van der Waals surface area (Å²) in [5.74, 6) is 0. The highest BCUT2D eigenvalue weighted by atomic mass is 32.2. The molecule has 1 aromatic rings. The number of ether oxygens (including phenoxy) is 1. The van der Waals surface area contributed by atoms with Gasteiger partial charge in [0.1, 0.15) is 5.25 Å². The summed E-state index contributed by atoms with van der Waals surface area (Å²) in [7, 11) is -3.30. The van der Waals surface area contributed by atoms with Crippen LogP contribution >= 0.6 is 0 Å². The maximum atomic E-state index is 12.7. The molecule has 0 atom stereocenters. The summed E-state index contributed by atoms with van der Waals surface area (Å²) in [6, 6.07) is 7.40. The molecule has 2 aliphatic rings. The van der Waals surface area contributed by atoms with Gasteiger partial charge in [0.2, 0.25) is 0 Å². The summed E-state index contributed by atoms with van der Waals surface area (Å²) in [4.78, 5) is 0.473. The second kappa shape index (κ2) is 5.13. The van der Waals surface area contributed by atoms with E-state index in [0.29, 0.717) is 24.7 Å². The first-order valence-corrected chi connectivity index (χ1v) is 8.76. The van der Waals surface area contributed by atoms with Crippen LogP contribution in [0, 0.1) is 0 Å². The number of sulfone groups is 1. The first-order valence-electron chi connectivity index (χ1n) is 7.21. The van der Waals surface area contributed by atoms with E-state index in [1.165, 1.54) is 0 Å². The second-order valence-electron chi connectivity index (χ2n) is 5.89. The maximum absolute atomic E-state index is 12.7. The molecule has 0 unspecified atom stereocenters. The SMILES string of the molecule is NCC1(c2ccccc2S(=O)(=O)C2COC2)CCCC1. The van der Waals surface area contributed by atoms with E-state index in [4.69, 9.17) is 10.5 Å². The second-order valence-corrected chi connectivity index (χ2v) is 8.09. The van der Waals surface area contributed by atoms with Crippen molar-refractivity contribution in [1.82, 2.24) is 0 Å². The normalized spacial score (nSPS) is 22.6. The molecule has 2 fully saturated rings. The molecule has 110 valence electrons. The summed E-state index contributed by atoms with van der Waals surface area (Å²) < 4.78 is 30.5. The smallest absolute Gasteiger partial charge is 0.186 e. The first kappa shape index (κ1) is 14.0. The Kier molecular flexibility index (Phi) is 3.60. The van der Waals surface area contributed by atoms with Gasteiger partial charge < -0.3 is 10.5 Å². The van der Waals surface area contributed by atoms with Gasteiger partial charge in [-0.15, -0.1) is 0 Å². The molecule has 1 aromatic carbocycles. The standard InChI is InChI=1S/C15H21NO3S/c16-11-15(7-3-4-8-15)13-5-1-2-6-14(13)20(17,18)12-9-19-10-12/h1-2,5-6,12H,3-4,7-11,16H2. The number of nitrogens with two attached hydrogens (primary N) is 1. The molecule has 3 rings (SSSR count). The number of hydrogen-bond donors (Lipinski definition) is 1. The van der Waals surface area contributed by atoms with E-state index in [-0.39, 0.29) is 10.7 Å². The van der Waals surface area contributed by atoms with Crippen LogP contribution in [-0.2, 0) is 20.0 Å². The van der Waals surface area contributed by atoms with E-state index in [9.17, 15) is 8.42 Å². The molecule has 4 nitrogen and oxygen atoms in total. The zero-order valence-corrected chi connectivity index (χ0v) is 12.4. The summed E-state index contributed by atoms with van der Waals surface area (Å²) in [6.07, 6.45) is 4.21. The van der Waals surface area contributed by atoms with E-state index in [0.717, 1.165) is 31.2 Å². The quantitative estimate of drug-likeness (QED) is 0.916. The van der Waals surface area contributed by atoms with Crippen molar-refractivity contribution >= 4 is 9.84 Å². The monoisotopic (exact) mass is 295 g/mol. The Morgan fingerprint density at radius 3 is 2.40 bits per heavy atom. The fraction of sp³-hybridized carbons (Fsp3) is 0.600. The fourth-order valence-electron chi connectivity index (χ4n) is 3.36. The van der Waals surface area contributed by atoms with Crippen LogP contribution in [0.15, 0.2) is 29.2 Å². The summed E-state index contributed by atoms with van der Waals surface area (Å²) in [5, 5.41) is -0.389. The molecule has 0 amide bonds. The van der Waals surface area contributed by atoms with Gasteiger partial charge >= 0.3 is 0 Å². The Balaban J connectivity index is 2.09. The minimum atomic E-state index is -3.30. The van der Waals surface area contributed by atoms with Crippen molar-refractivity contribution in [2.75, 3.05) is 19.8 Å². The minimum absolute atomic E-state index is 0.158. The molecule has 0 aromatic heterocycles. The Bertz CT molecular complexity index is 587. The average Bonchev–Trinajstić information content (AvgIpc) is 2.86.